The maximum Gasteiger partial charge on any atom is 0.223 e. The fourth-order valence-electron chi connectivity index (χ4n) is 1.05. The van der Waals surface area contributed by atoms with Gasteiger partial charge in [0.2, 0.25) is 5.96 Å². The number of aliphatic imine (C=N–C) groups is 2. The molecule has 0 saturated heterocycles. The molecule has 0 aromatic heterocycles. The molecule has 0 saturated carbocycles. The molecule has 0 fully saturated rings. The van der Waals surface area contributed by atoms with Crippen LogP contribution >= 0.6 is 15.9 Å². The van der Waals surface area contributed by atoms with E-state index in [4.69, 9.17) is 21.9 Å². The van der Waals surface area contributed by atoms with Crippen LogP contribution in [0.3, 0.4) is 0 Å². The topological polar surface area (TPSA) is 112 Å². The summed E-state index contributed by atoms with van der Waals surface area (Å²) in [6, 6.07) is 2.58. The van der Waals surface area contributed by atoms with Crippen molar-refractivity contribution in [2.24, 2.45) is 27.2 Å². The van der Waals surface area contributed by atoms with E-state index in [1.807, 2.05) is 0 Å². The van der Waals surface area contributed by atoms with Gasteiger partial charge in [-0.3, -0.25) is 0 Å². The van der Waals surface area contributed by atoms with Gasteiger partial charge >= 0.3 is 0 Å². The van der Waals surface area contributed by atoms with Gasteiger partial charge in [-0.2, -0.15) is 4.99 Å². The molecule has 0 amide bonds. The molecule has 0 atom stereocenters. The molecular weight excluding hydrogens is 293 g/mol. The molecule has 0 bridgehead atoms. The van der Waals surface area contributed by atoms with Crippen LogP contribution in [0.5, 0.6) is 5.75 Å². The summed E-state index contributed by atoms with van der Waals surface area (Å²) in [5.74, 6) is -0.582. The first kappa shape index (κ1) is 13.2. The summed E-state index contributed by atoms with van der Waals surface area (Å²) in [5, 5.41) is 0. The summed E-state index contributed by atoms with van der Waals surface area (Å²) in [6.07, 6.45) is 0. The lowest BCUT2D eigenvalue weighted by molar-refractivity contribution is 0.414. The molecule has 0 aliphatic carbocycles. The highest BCUT2D eigenvalue weighted by molar-refractivity contribution is 9.10. The summed E-state index contributed by atoms with van der Waals surface area (Å²) in [4.78, 5) is 7.34. The van der Waals surface area contributed by atoms with Crippen LogP contribution in [0.4, 0.5) is 10.1 Å². The van der Waals surface area contributed by atoms with Gasteiger partial charge in [0.15, 0.2) is 5.96 Å². The van der Waals surface area contributed by atoms with Crippen molar-refractivity contribution in [1.82, 2.24) is 0 Å². The van der Waals surface area contributed by atoms with Crippen LogP contribution in [-0.2, 0) is 0 Å². The van der Waals surface area contributed by atoms with Crippen LogP contribution in [0.15, 0.2) is 26.6 Å². The van der Waals surface area contributed by atoms with E-state index in [2.05, 4.69) is 25.9 Å². The van der Waals surface area contributed by atoms with Crippen molar-refractivity contribution in [3.05, 3.63) is 22.4 Å². The zero-order chi connectivity index (χ0) is 13.0. The van der Waals surface area contributed by atoms with E-state index in [1.54, 1.807) is 0 Å². The summed E-state index contributed by atoms with van der Waals surface area (Å²) in [6.45, 7) is 0. The lowest BCUT2D eigenvalue weighted by atomic mass is 10.3. The molecule has 0 radical (unpaired) electrons. The summed E-state index contributed by atoms with van der Waals surface area (Å²) in [5.41, 5.74) is 15.9. The second kappa shape index (κ2) is 5.48. The van der Waals surface area contributed by atoms with Crippen molar-refractivity contribution in [3.63, 3.8) is 0 Å². The third-order valence-corrected chi connectivity index (χ3v) is 2.31. The Morgan fingerprint density at radius 3 is 2.53 bits per heavy atom. The number of guanidine groups is 2. The highest BCUT2D eigenvalue weighted by atomic mass is 79.9. The van der Waals surface area contributed by atoms with Gasteiger partial charge in [0, 0.05) is 6.07 Å². The summed E-state index contributed by atoms with van der Waals surface area (Å²) < 4.78 is 18.6. The van der Waals surface area contributed by atoms with Gasteiger partial charge in [-0.05, 0) is 22.0 Å². The Labute approximate surface area is 105 Å². The van der Waals surface area contributed by atoms with Gasteiger partial charge in [-0.25, -0.2) is 9.38 Å². The van der Waals surface area contributed by atoms with Gasteiger partial charge in [-0.1, -0.05) is 0 Å². The fraction of sp³-hybridized carbons (Fsp3) is 0.111. The predicted molar refractivity (Wildman–Crippen MR) is 67.7 cm³/mol. The number of benzene rings is 1. The van der Waals surface area contributed by atoms with Crippen LogP contribution in [0.1, 0.15) is 0 Å². The Morgan fingerprint density at radius 1 is 1.35 bits per heavy atom. The molecule has 1 rings (SSSR count). The highest BCUT2D eigenvalue weighted by Crippen LogP contribution is 2.32. The molecular formula is C9H11BrFN5O. The standard InChI is InChI=1S/C9H11BrFN5O/c1-17-7-2-4(10)5(11)3-6(7)15-9(14)16-8(12)13/h2-3H,1H3,(H6,12,13,14,15,16). The smallest absolute Gasteiger partial charge is 0.223 e. The molecule has 92 valence electrons. The predicted octanol–water partition coefficient (Wildman–Crippen LogP) is 0.816. The highest BCUT2D eigenvalue weighted by Gasteiger charge is 2.08. The first-order valence-electron chi connectivity index (χ1n) is 4.41. The molecule has 0 unspecified atom stereocenters. The molecule has 6 nitrogen and oxygen atoms in total. The largest absolute Gasteiger partial charge is 0.494 e. The third kappa shape index (κ3) is 3.59. The molecule has 8 heteroatoms. The minimum atomic E-state index is -0.498. The quantitative estimate of drug-likeness (QED) is 0.554. The molecule has 0 spiro atoms. The number of rotatable bonds is 2. The minimum absolute atomic E-state index is 0.190. The Hall–Kier alpha value is -1.83. The average Bonchev–Trinajstić information content (AvgIpc) is 2.21. The van der Waals surface area contributed by atoms with Crippen molar-refractivity contribution < 1.29 is 9.13 Å². The number of nitrogens with two attached hydrogens (primary N) is 3. The Bertz CT molecular complexity index is 485. The SMILES string of the molecule is COc1cc(Br)c(F)cc1N=C(N)N=C(N)N. The van der Waals surface area contributed by atoms with E-state index in [1.165, 1.54) is 13.2 Å². The monoisotopic (exact) mass is 303 g/mol. The van der Waals surface area contributed by atoms with Crippen molar-refractivity contribution in [1.29, 1.82) is 0 Å². The third-order valence-electron chi connectivity index (χ3n) is 1.70. The van der Waals surface area contributed by atoms with Crippen LogP contribution in [0, 0.1) is 5.82 Å². The number of methoxy groups -OCH3 is 1. The Balaban J connectivity index is 3.22. The fourth-order valence-corrected chi connectivity index (χ4v) is 1.37. The molecule has 0 aliphatic rings. The molecule has 17 heavy (non-hydrogen) atoms. The molecule has 6 N–H and O–H groups in total. The normalized spacial score (nSPS) is 11.1. The van der Waals surface area contributed by atoms with Crippen LogP contribution in [0.25, 0.3) is 0 Å². The van der Waals surface area contributed by atoms with Crippen molar-refractivity contribution in [2.75, 3.05) is 7.11 Å². The van der Waals surface area contributed by atoms with Gasteiger partial charge < -0.3 is 21.9 Å². The van der Waals surface area contributed by atoms with Gasteiger partial charge in [0.05, 0.1) is 11.6 Å². The molecule has 0 aliphatic heterocycles. The lowest BCUT2D eigenvalue weighted by Gasteiger charge is -2.06. The number of hydrogen-bond acceptors (Lipinski definition) is 2. The van der Waals surface area contributed by atoms with E-state index in [0.717, 1.165) is 6.07 Å². The van der Waals surface area contributed by atoms with Crippen LogP contribution in [-0.4, -0.2) is 19.0 Å². The zero-order valence-electron chi connectivity index (χ0n) is 8.95. The molecule has 1 aromatic rings. The van der Waals surface area contributed by atoms with Crippen LogP contribution < -0.4 is 21.9 Å². The first-order valence-corrected chi connectivity index (χ1v) is 5.20. The number of nitrogens with zero attached hydrogens (tertiary/aromatic N) is 2. The second-order valence-corrected chi connectivity index (χ2v) is 3.80. The van der Waals surface area contributed by atoms with Crippen molar-refractivity contribution >= 4 is 33.5 Å². The van der Waals surface area contributed by atoms with Crippen molar-refractivity contribution in [2.45, 2.75) is 0 Å². The first-order chi connectivity index (χ1) is 7.93. The van der Waals surface area contributed by atoms with Crippen LogP contribution in [0.2, 0.25) is 0 Å². The molecule has 1 aromatic carbocycles. The lowest BCUT2D eigenvalue weighted by Crippen LogP contribution is -2.26. The zero-order valence-corrected chi connectivity index (χ0v) is 10.5. The number of hydrogen-bond donors (Lipinski definition) is 3. The Kier molecular flexibility index (Phi) is 4.27. The van der Waals surface area contributed by atoms with Gasteiger partial charge in [0.25, 0.3) is 0 Å². The van der Waals surface area contributed by atoms with Crippen molar-refractivity contribution in [3.8, 4) is 5.75 Å². The van der Waals surface area contributed by atoms with E-state index < -0.39 is 5.82 Å². The molecule has 0 heterocycles. The van der Waals surface area contributed by atoms with Gasteiger partial charge in [-0.15, -0.1) is 0 Å². The average molecular weight is 304 g/mol. The second-order valence-electron chi connectivity index (χ2n) is 2.94. The van der Waals surface area contributed by atoms with E-state index in [9.17, 15) is 4.39 Å². The maximum atomic E-state index is 13.3. The minimum Gasteiger partial charge on any atom is -0.494 e. The number of ether oxygens (including phenoxy) is 1. The Morgan fingerprint density at radius 2 is 2.00 bits per heavy atom. The van der Waals surface area contributed by atoms with E-state index >= 15 is 0 Å². The van der Waals surface area contributed by atoms with E-state index in [-0.39, 0.29) is 22.1 Å². The maximum absolute atomic E-state index is 13.3. The van der Waals surface area contributed by atoms with Gasteiger partial charge in [0.1, 0.15) is 17.3 Å². The summed E-state index contributed by atoms with van der Waals surface area (Å²) >= 11 is 3.03. The number of halogens is 2. The van der Waals surface area contributed by atoms with E-state index in [0.29, 0.717) is 5.75 Å². The summed E-state index contributed by atoms with van der Waals surface area (Å²) in [7, 11) is 1.43.